The van der Waals surface area contributed by atoms with Gasteiger partial charge in [0.25, 0.3) is 11.6 Å². The number of nitrogens with zero attached hydrogens (tertiary/aromatic N) is 4. The van der Waals surface area contributed by atoms with Gasteiger partial charge < -0.3 is 14.7 Å². The Morgan fingerprint density at radius 3 is 2.75 bits per heavy atom. The van der Waals surface area contributed by atoms with Crippen LogP contribution in [0.1, 0.15) is 59.9 Å². The maximum absolute atomic E-state index is 12.9. The average molecular weight is 379 g/mol. The molecule has 4 rings (SSSR count). The minimum absolute atomic E-state index is 0.163. The van der Waals surface area contributed by atoms with Crippen LogP contribution in [0.2, 0.25) is 0 Å². The molecule has 1 aliphatic rings. The zero-order valence-corrected chi connectivity index (χ0v) is 16.5. The van der Waals surface area contributed by atoms with Gasteiger partial charge in [-0.3, -0.25) is 4.79 Å². The first-order valence-corrected chi connectivity index (χ1v) is 9.78. The van der Waals surface area contributed by atoms with Crippen molar-refractivity contribution in [1.29, 1.82) is 0 Å². The number of aryl methyl sites for hydroxylation is 1. The molecule has 0 saturated carbocycles. The Kier molecular flexibility index (Phi) is 4.98. The maximum Gasteiger partial charge on any atom is 0.259 e. The second kappa shape index (κ2) is 7.58. The fourth-order valence-electron chi connectivity index (χ4n) is 3.52. The van der Waals surface area contributed by atoms with Crippen LogP contribution in [0.15, 0.2) is 28.9 Å². The number of amides is 1. The van der Waals surface area contributed by atoms with Gasteiger partial charge in [0, 0.05) is 31.5 Å². The summed E-state index contributed by atoms with van der Waals surface area (Å²) in [6.07, 6.45) is 4.28. The third-order valence-electron chi connectivity index (χ3n) is 5.17. The molecule has 0 radical (unpaired) electrons. The minimum atomic E-state index is -0.163. The van der Waals surface area contributed by atoms with E-state index in [4.69, 9.17) is 4.52 Å². The molecular formula is C21H25N5O2. The van der Waals surface area contributed by atoms with Gasteiger partial charge in [-0.1, -0.05) is 25.1 Å². The average Bonchev–Trinajstić information content (AvgIpc) is 3.36. The Labute approximate surface area is 164 Å². The van der Waals surface area contributed by atoms with Crippen LogP contribution in [-0.2, 0) is 6.54 Å². The highest BCUT2D eigenvalue weighted by molar-refractivity contribution is 6.06. The SMILES string of the molecule is Cc1noc2nc(C(C)C)cc(C(=O)NCc3ccc(N4CCCC4)nc3)c12. The molecule has 4 heterocycles. The fraction of sp³-hybridized carbons (Fsp3) is 0.429. The molecule has 0 unspecified atom stereocenters. The molecule has 7 heteroatoms. The van der Waals surface area contributed by atoms with Crippen molar-refractivity contribution in [1.82, 2.24) is 20.4 Å². The molecule has 146 valence electrons. The molecule has 0 aliphatic carbocycles. The van der Waals surface area contributed by atoms with Crippen molar-refractivity contribution in [2.75, 3.05) is 18.0 Å². The number of carbonyl (C=O) groups excluding carboxylic acids is 1. The molecule has 1 aliphatic heterocycles. The summed E-state index contributed by atoms with van der Waals surface area (Å²) in [4.78, 5) is 24.2. The zero-order valence-electron chi connectivity index (χ0n) is 16.5. The number of rotatable bonds is 5. The normalized spacial score (nSPS) is 14.2. The lowest BCUT2D eigenvalue weighted by Crippen LogP contribution is -2.24. The van der Waals surface area contributed by atoms with Crippen molar-refractivity contribution in [2.24, 2.45) is 0 Å². The van der Waals surface area contributed by atoms with Gasteiger partial charge in [-0.15, -0.1) is 0 Å². The van der Waals surface area contributed by atoms with E-state index in [0.29, 0.717) is 28.9 Å². The quantitative estimate of drug-likeness (QED) is 0.729. The maximum atomic E-state index is 12.9. The molecule has 1 amide bonds. The van der Waals surface area contributed by atoms with Crippen molar-refractivity contribution >= 4 is 22.8 Å². The Morgan fingerprint density at radius 2 is 2.07 bits per heavy atom. The van der Waals surface area contributed by atoms with Crippen LogP contribution < -0.4 is 10.2 Å². The summed E-state index contributed by atoms with van der Waals surface area (Å²) in [7, 11) is 0. The van der Waals surface area contributed by atoms with Crippen molar-refractivity contribution in [3.8, 4) is 0 Å². The van der Waals surface area contributed by atoms with E-state index in [1.165, 1.54) is 12.8 Å². The molecule has 0 spiro atoms. The predicted octanol–water partition coefficient (Wildman–Crippen LogP) is 3.58. The van der Waals surface area contributed by atoms with Gasteiger partial charge >= 0.3 is 0 Å². The Bertz CT molecular complexity index is 988. The Balaban J connectivity index is 1.51. The number of hydrogen-bond acceptors (Lipinski definition) is 6. The van der Waals surface area contributed by atoms with E-state index in [9.17, 15) is 4.79 Å². The van der Waals surface area contributed by atoms with Gasteiger partial charge in [0.15, 0.2) is 0 Å². The predicted molar refractivity (Wildman–Crippen MR) is 107 cm³/mol. The highest BCUT2D eigenvalue weighted by Crippen LogP contribution is 2.25. The number of nitrogens with one attached hydrogen (secondary N) is 1. The third-order valence-corrected chi connectivity index (χ3v) is 5.17. The van der Waals surface area contributed by atoms with Gasteiger partial charge in [0.2, 0.25) is 0 Å². The summed E-state index contributed by atoms with van der Waals surface area (Å²) in [5.74, 6) is 1.03. The van der Waals surface area contributed by atoms with Gasteiger partial charge in [-0.05, 0) is 43.4 Å². The molecule has 3 aromatic heterocycles. The standard InChI is InChI=1S/C21H25N5O2/c1-13(2)17-10-16(19-14(3)25-28-21(19)24-17)20(27)23-12-15-6-7-18(22-11-15)26-8-4-5-9-26/h6-7,10-11,13H,4-5,8-9,12H2,1-3H3,(H,23,27). The minimum Gasteiger partial charge on any atom is -0.357 e. The van der Waals surface area contributed by atoms with Gasteiger partial charge in [0.1, 0.15) is 5.82 Å². The van der Waals surface area contributed by atoms with Crippen molar-refractivity contribution in [3.63, 3.8) is 0 Å². The van der Waals surface area contributed by atoms with Crippen LogP contribution in [0.3, 0.4) is 0 Å². The van der Waals surface area contributed by atoms with E-state index in [2.05, 4.69) is 25.3 Å². The molecule has 1 fully saturated rings. The van der Waals surface area contributed by atoms with E-state index in [1.807, 2.05) is 45.2 Å². The zero-order chi connectivity index (χ0) is 19.7. The van der Waals surface area contributed by atoms with Crippen molar-refractivity contribution in [3.05, 3.63) is 46.9 Å². The number of hydrogen-bond donors (Lipinski definition) is 1. The molecule has 0 aromatic carbocycles. The summed E-state index contributed by atoms with van der Waals surface area (Å²) >= 11 is 0. The summed E-state index contributed by atoms with van der Waals surface area (Å²) in [6.45, 7) is 8.44. The van der Waals surface area contributed by atoms with E-state index in [0.717, 1.165) is 30.2 Å². The molecular weight excluding hydrogens is 354 g/mol. The van der Waals surface area contributed by atoms with Gasteiger partial charge in [-0.25, -0.2) is 9.97 Å². The second-order valence-corrected chi connectivity index (χ2v) is 7.60. The number of carbonyl (C=O) groups is 1. The van der Waals surface area contributed by atoms with E-state index in [1.54, 1.807) is 0 Å². The van der Waals surface area contributed by atoms with Crippen LogP contribution in [0.4, 0.5) is 5.82 Å². The van der Waals surface area contributed by atoms with Crippen LogP contribution >= 0.6 is 0 Å². The number of aromatic nitrogens is 3. The lowest BCUT2D eigenvalue weighted by Gasteiger charge is -2.16. The van der Waals surface area contributed by atoms with E-state index < -0.39 is 0 Å². The molecule has 28 heavy (non-hydrogen) atoms. The Morgan fingerprint density at radius 1 is 1.29 bits per heavy atom. The van der Waals surface area contributed by atoms with E-state index >= 15 is 0 Å². The second-order valence-electron chi connectivity index (χ2n) is 7.60. The lowest BCUT2D eigenvalue weighted by atomic mass is 10.0. The first-order chi connectivity index (χ1) is 13.5. The first-order valence-electron chi connectivity index (χ1n) is 9.78. The monoisotopic (exact) mass is 379 g/mol. The molecule has 7 nitrogen and oxygen atoms in total. The topological polar surface area (TPSA) is 84.1 Å². The molecule has 1 saturated heterocycles. The molecule has 0 atom stereocenters. The highest BCUT2D eigenvalue weighted by Gasteiger charge is 2.20. The summed E-state index contributed by atoms with van der Waals surface area (Å²) in [6, 6.07) is 5.88. The fourth-order valence-corrected chi connectivity index (χ4v) is 3.52. The van der Waals surface area contributed by atoms with Gasteiger partial charge in [-0.2, -0.15) is 0 Å². The lowest BCUT2D eigenvalue weighted by molar-refractivity contribution is 0.0952. The highest BCUT2D eigenvalue weighted by atomic mass is 16.5. The molecule has 0 bridgehead atoms. The van der Waals surface area contributed by atoms with E-state index in [-0.39, 0.29) is 11.8 Å². The first kappa shape index (κ1) is 18.4. The third kappa shape index (κ3) is 3.56. The Hall–Kier alpha value is -2.96. The van der Waals surface area contributed by atoms with Crippen LogP contribution in [0, 0.1) is 6.92 Å². The van der Waals surface area contributed by atoms with Crippen molar-refractivity contribution in [2.45, 2.75) is 46.1 Å². The van der Waals surface area contributed by atoms with Gasteiger partial charge in [0.05, 0.1) is 16.6 Å². The summed E-state index contributed by atoms with van der Waals surface area (Å²) in [5.41, 5.74) is 3.40. The smallest absolute Gasteiger partial charge is 0.259 e. The number of fused-ring (bicyclic) bond motifs is 1. The largest absolute Gasteiger partial charge is 0.357 e. The number of anilines is 1. The van der Waals surface area contributed by atoms with Crippen molar-refractivity contribution < 1.29 is 9.32 Å². The molecule has 1 N–H and O–H groups in total. The van der Waals surface area contributed by atoms with Crippen LogP contribution in [0.25, 0.3) is 11.1 Å². The summed E-state index contributed by atoms with van der Waals surface area (Å²) in [5, 5.41) is 7.63. The van der Waals surface area contributed by atoms with Crippen LogP contribution in [-0.4, -0.2) is 34.1 Å². The number of pyridine rings is 2. The van der Waals surface area contributed by atoms with Crippen LogP contribution in [0.5, 0.6) is 0 Å². The summed E-state index contributed by atoms with van der Waals surface area (Å²) < 4.78 is 5.30. The molecule has 3 aromatic rings.